The quantitative estimate of drug-likeness (QED) is 0.874. The van der Waals surface area contributed by atoms with Crippen molar-refractivity contribution in [1.82, 2.24) is 4.98 Å². The molecule has 20 heavy (non-hydrogen) atoms. The van der Waals surface area contributed by atoms with Crippen LogP contribution in [-0.2, 0) is 11.3 Å². The Morgan fingerprint density at radius 1 is 1.35 bits per heavy atom. The van der Waals surface area contributed by atoms with Crippen molar-refractivity contribution in [2.24, 2.45) is 0 Å². The van der Waals surface area contributed by atoms with E-state index >= 15 is 0 Å². The summed E-state index contributed by atoms with van der Waals surface area (Å²) < 4.78 is 5.09. The normalized spacial score (nSPS) is 10.3. The van der Waals surface area contributed by atoms with Gasteiger partial charge in [0.15, 0.2) is 0 Å². The summed E-state index contributed by atoms with van der Waals surface area (Å²) in [5, 5.41) is 3.21. The minimum atomic E-state index is -0.306. The van der Waals surface area contributed by atoms with Gasteiger partial charge in [0.05, 0.1) is 17.2 Å². The third kappa shape index (κ3) is 3.48. The largest absolute Gasteiger partial charge is 0.380 e. The van der Waals surface area contributed by atoms with Crippen molar-refractivity contribution in [2.45, 2.75) is 6.61 Å². The number of halogens is 2. The lowest BCUT2D eigenvalue weighted by atomic mass is 10.1. The molecular weight excluding hydrogens is 299 g/mol. The van der Waals surface area contributed by atoms with Gasteiger partial charge in [-0.2, -0.15) is 0 Å². The molecule has 6 heteroatoms. The number of nitrogens with one attached hydrogen (secondary N) is 1. The zero-order valence-corrected chi connectivity index (χ0v) is 12.2. The number of benzene rings is 1. The van der Waals surface area contributed by atoms with E-state index in [-0.39, 0.29) is 16.1 Å². The van der Waals surface area contributed by atoms with Crippen LogP contribution < -0.4 is 5.32 Å². The second kappa shape index (κ2) is 6.70. The molecular formula is C14H12Cl2N2O2. The van der Waals surface area contributed by atoms with E-state index < -0.39 is 0 Å². The van der Waals surface area contributed by atoms with Gasteiger partial charge >= 0.3 is 0 Å². The van der Waals surface area contributed by atoms with Crippen molar-refractivity contribution < 1.29 is 9.53 Å². The van der Waals surface area contributed by atoms with Crippen molar-refractivity contribution in [3.8, 4) is 0 Å². The minimum absolute atomic E-state index is 0.169. The van der Waals surface area contributed by atoms with Crippen LogP contribution in [0.5, 0.6) is 0 Å². The van der Waals surface area contributed by atoms with E-state index in [1.165, 1.54) is 12.3 Å². The first-order valence-electron chi connectivity index (χ1n) is 5.81. The van der Waals surface area contributed by atoms with Gasteiger partial charge in [0.1, 0.15) is 5.15 Å². The van der Waals surface area contributed by atoms with Gasteiger partial charge in [-0.05, 0) is 12.1 Å². The van der Waals surface area contributed by atoms with Crippen molar-refractivity contribution >= 4 is 34.8 Å². The summed E-state index contributed by atoms with van der Waals surface area (Å²) in [6.07, 6.45) is 1.38. The zero-order valence-electron chi connectivity index (χ0n) is 10.7. The Bertz CT molecular complexity index is 632. The number of pyridine rings is 1. The van der Waals surface area contributed by atoms with Gasteiger partial charge in [-0.3, -0.25) is 4.79 Å². The summed E-state index contributed by atoms with van der Waals surface area (Å²) in [7, 11) is 1.60. The van der Waals surface area contributed by atoms with Gasteiger partial charge in [0, 0.05) is 24.6 Å². The average molecular weight is 311 g/mol. The number of rotatable bonds is 4. The molecule has 0 bridgehead atoms. The molecule has 1 amide bonds. The summed E-state index contributed by atoms with van der Waals surface area (Å²) in [5.41, 5.74) is 1.91. The number of anilines is 1. The Morgan fingerprint density at radius 2 is 2.10 bits per heavy atom. The number of methoxy groups -OCH3 is 1. The molecule has 0 aliphatic heterocycles. The first kappa shape index (κ1) is 14.8. The van der Waals surface area contributed by atoms with Gasteiger partial charge in [-0.25, -0.2) is 4.98 Å². The molecule has 1 heterocycles. The third-order valence-corrected chi connectivity index (χ3v) is 3.31. The minimum Gasteiger partial charge on any atom is -0.380 e. The summed E-state index contributed by atoms with van der Waals surface area (Å²) in [6, 6.07) is 8.88. The third-order valence-electron chi connectivity index (χ3n) is 2.62. The standard InChI is InChI=1S/C14H12Cl2N2O2/c1-20-8-9-4-2-3-5-12(9)18-14(19)10-6-11(15)13(16)17-7-10/h2-7H,8H2,1H3,(H,18,19). The van der Waals surface area contributed by atoms with E-state index in [1.54, 1.807) is 13.2 Å². The lowest BCUT2D eigenvalue weighted by molar-refractivity contribution is 0.102. The Kier molecular flexibility index (Phi) is 4.95. The average Bonchev–Trinajstić information content (AvgIpc) is 2.44. The van der Waals surface area contributed by atoms with Crippen LogP contribution in [0.25, 0.3) is 0 Å². The van der Waals surface area contributed by atoms with E-state index in [1.807, 2.05) is 18.2 Å². The number of carbonyl (C=O) groups is 1. The van der Waals surface area contributed by atoms with Crippen LogP contribution in [0.3, 0.4) is 0 Å². The molecule has 0 saturated carbocycles. The fraction of sp³-hybridized carbons (Fsp3) is 0.143. The van der Waals surface area contributed by atoms with E-state index in [4.69, 9.17) is 27.9 Å². The van der Waals surface area contributed by atoms with E-state index in [0.29, 0.717) is 17.9 Å². The lowest BCUT2D eigenvalue weighted by Gasteiger charge is -2.10. The first-order chi connectivity index (χ1) is 9.61. The fourth-order valence-electron chi connectivity index (χ4n) is 1.66. The molecule has 1 aromatic carbocycles. The number of para-hydroxylation sites is 1. The van der Waals surface area contributed by atoms with E-state index in [9.17, 15) is 4.79 Å². The molecule has 104 valence electrons. The summed E-state index contributed by atoms with van der Waals surface area (Å²) in [4.78, 5) is 16.0. The molecule has 0 saturated heterocycles. The molecule has 2 rings (SSSR count). The highest BCUT2D eigenvalue weighted by molar-refractivity contribution is 6.41. The van der Waals surface area contributed by atoms with Gasteiger partial charge < -0.3 is 10.1 Å². The maximum atomic E-state index is 12.1. The van der Waals surface area contributed by atoms with Gasteiger partial charge in [-0.15, -0.1) is 0 Å². The monoisotopic (exact) mass is 310 g/mol. The van der Waals surface area contributed by atoms with E-state index in [0.717, 1.165) is 5.56 Å². The Labute approximate surface area is 126 Å². The fourth-order valence-corrected chi connectivity index (χ4v) is 1.93. The molecule has 0 radical (unpaired) electrons. The molecule has 0 spiro atoms. The molecule has 0 fully saturated rings. The number of hydrogen-bond acceptors (Lipinski definition) is 3. The number of ether oxygens (including phenoxy) is 1. The molecule has 1 aromatic heterocycles. The van der Waals surface area contributed by atoms with Crippen LogP contribution in [0.4, 0.5) is 5.69 Å². The first-order valence-corrected chi connectivity index (χ1v) is 6.56. The van der Waals surface area contributed by atoms with Crippen LogP contribution in [-0.4, -0.2) is 18.0 Å². The molecule has 0 atom stereocenters. The molecule has 4 nitrogen and oxygen atoms in total. The second-order valence-electron chi connectivity index (χ2n) is 4.04. The summed E-state index contributed by atoms with van der Waals surface area (Å²) >= 11 is 11.6. The highest BCUT2D eigenvalue weighted by Crippen LogP contribution is 2.21. The zero-order chi connectivity index (χ0) is 14.5. The Morgan fingerprint density at radius 3 is 2.80 bits per heavy atom. The molecule has 0 unspecified atom stereocenters. The molecule has 2 aromatic rings. The smallest absolute Gasteiger partial charge is 0.257 e. The van der Waals surface area contributed by atoms with Crippen LogP contribution >= 0.6 is 23.2 Å². The Hall–Kier alpha value is -1.62. The number of carbonyl (C=O) groups excluding carboxylic acids is 1. The lowest BCUT2D eigenvalue weighted by Crippen LogP contribution is -2.13. The van der Waals surface area contributed by atoms with Crippen molar-refractivity contribution in [3.05, 3.63) is 57.8 Å². The SMILES string of the molecule is COCc1ccccc1NC(=O)c1cnc(Cl)c(Cl)c1. The topological polar surface area (TPSA) is 51.2 Å². The molecule has 1 N–H and O–H groups in total. The van der Waals surface area contributed by atoms with Crippen LogP contribution in [0.2, 0.25) is 10.2 Å². The highest BCUT2D eigenvalue weighted by Gasteiger charge is 2.11. The van der Waals surface area contributed by atoms with Gasteiger partial charge in [0.25, 0.3) is 5.91 Å². The summed E-state index contributed by atoms with van der Waals surface area (Å²) in [6.45, 7) is 0.413. The number of hydrogen-bond donors (Lipinski definition) is 1. The van der Waals surface area contributed by atoms with Crippen LogP contribution in [0.15, 0.2) is 36.5 Å². The van der Waals surface area contributed by atoms with Crippen molar-refractivity contribution in [3.63, 3.8) is 0 Å². The van der Waals surface area contributed by atoms with Crippen molar-refractivity contribution in [2.75, 3.05) is 12.4 Å². The predicted molar refractivity (Wildman–Crippen MR) is 79.4 cm³/mol. The van der Waals surface area contributed by atoms with Crippen molar-refractivity contribution in [1.29, 1.82) is 0 Å². The second-order valence-corrected chi connectivity index (χ2v) is 4.81. The molecule has 0 aliphatic rings. The summed E-state index contributed by atoms with van der Waals surface area (Å²) in [5.74, 6) is -0.306. The maximum absolute atomic E-state index is 12.1. The Balaban J connectivity index is 2.21. The number of nitrogens with zero attached hydrogens (tertiary/aromatic N) is 1. The predicted octanol–water partition coefficient (Wildman–Crippen LogP) is 3.79. The molecule has 0 aliphatic carbocycles. The van der Waals surface area contributed by atoms with Crippen LogP contribution in [0, 0.1) is 0 Å². The maximum Gasteiger partial charge on any atom is 0.257 e. The van der Waals surface area contributed by atoms with Gasteiger partial charge in [0.2, 0.25) is 0 Å². The van der Waals surface area contributed by atoms with Crippen LogP contribution in [0.1, 0.15) is 15.9 Å². The highest BCUT2D eigenvalue weighted by atomic mass is 35.5. The number of amides is 1. The number of aromatic nitrogens is 1. The van der Waals surface area contributed by atoms with Gasteiger partial charge in [-0.1, -0.05) is 41.4 Å². The van der Waals surface area contributed by atoms with E-state index in [2.05, 4.69) is 10.3 Å².